The van der Waals surface area contributed by atoms with E-state index in [0.29, 0.717) is 29.3 Å². The summed E-state index contributed by atoms with van der Waals surface area (Å²) in [5.74, 6) is 0.657. The van der Waals surface area contributed by atoms with Crippen LogP contribution in [0.4, 0.5) is 5.69 Å². The van der Waals surface area contributed by atoms with Crippen molar-refractivity contribution >= 4 is 17.5 Å². The second kappa shape index (κ2) is 9.05. The van der Waals surface area contributed by atoms with Gasteiger partial charge in [0.15, 0.2) is 11.5 Å². The standard InChI is InChI=1S/C20H25N3O4/c1-13(20(25)22-16-8-6-15(7-9-16)19(21)24)23(2)12-14-5-10-17(26-3)18(11-14)27-4/h5-11,13H,12H2,1-4H3,(H2,21,24)(H,22,25)/t13-/m1/s1. The number of hydrogen-bond donors (Lipinski definition) is 2. The van der Waals surface area contributed by atoms with Crippen molar-refractivity contribution in [3.05, 3.63) is 53.6 Å². The van der Waals surface area contributed by atoms with Gasteiger partial charge in [0.2, 0.25) is 11.8 Å². The minimum atomic E-state index is -0.504. The number of nitrogens with one attached hydrogen (secondary N) is 1. The first-order chi connectivity index (χ1) is 12.8. The summed E-state index contributed by atoms with van der Waals surface area (Å²) in [4.78, 5) is 25.5. The zero-order chi connectivity index (χ0) is 20.0. The Morgan fingerprint density at radius 2 is 1.70 bits per heavy atom. The highest BCUT2D eigenvalue weighted by Gasteiger charge is 2.19. The number of nitrogens with zero attached hydrogens (tertiary/aromatic N) is 1. The van der Waals surface area contributed by atoms with Gasteiger partial charge in [-0.1, -0.05) is 6.07 Å². The van der Waals surface area contributed by atoms with Crippen LogP contribution in [-0.4, -0.2) is 44.0 Å². The van der Waals surface area contributed by atoms with E-state index in [1.165, 1.54) is 0 Å². The van der Waals surface area contributed by atoms with E-state index in [-0.39, 0.29) is 11.9 Å². The van der Waals surface area contributed by atoms with Crippen molar-refractivity contribution in [3.63, 3.8) is 0 Å². The van der Waals surface area contributed by atoms with Crippen LogP contribution in [0.3, 0.4) is 0 Å². The molecule has 2 amide bonds. The van der Waals surface area contributed by atoms with E-state index in [0.717, 1.165) is 5.56 Å². The normalized spacial score (nSPS) is 11.7. The van der Waals surface area contributed by atoms with Crippen molar-refractivity contribution in [2.45, 2.75) is 19.5 Å². The van der Waals surface area contributed by atoms with E-state index in [2.05, 4.69) is 5.32 Å². The first-order valence-corrected chi connectivity index (χ1v) is 8.47. The van der Waals surface area contributed by atoms with Gasteiger partial charge >= 0.3 is 0 Å². The Morgan fingerprint density at radius 1 is 1.07 bits per heavy atom. The third kappa shape index (κ3) is 5.21. The lowest BCUT2D eigenvalue weighted by Gasteiger charge is -2.24. The number of ether oxygens (including phenoxy) is 2. The van der Waals surface area contributed by atoms with Crippen molar-refractivity contribution in [1.82, 2.24) is 4.90 Å². The van der Waals surface area contributed by atoms with Gasteiger partial charge in [-0.05, 0) is 55.9 Å². The molecule has 0 aliphatic rings. The van der Waals surface area contributed by atoms with Gasteiger partial charge < -0.3 is 20.5 Å². The van der Waals surface area contributed by atoms with Gasteiger partial charge in [0, 0.05) is 17.8 Å². The number of benzene rings is 2. The van der Waals surface area contributed by atoms with Crippen LogP contribution >= 0.6 is 0 Å². The molecule has 7 nitrogen and oxygen atoms in total. The second-order valence-electron chi connectivity index (χ2n) is 6.21. The summed E-state index contributed by atoms with van der Waals surface area (Å²) in [6.07, 6.45) is 0. The zero-order valence-corrected chi connectivity index (χ0v) is 16.0. The van der Waals surface area contributed by atoms with E-state index in [1.54, 1.807) is 38.5 Å². The minimum Gasteiger partial charge on any atom is -0.493 e. The number of amides is 2. The maximum Gasteiger partial charge on any atom is 0.248 e. The molecule has 144 valence electrons. The van der Waals surface area contributed by atoms with Gasteiger partial charge in [0.1, 0.15) is 0 Å². The molecule has 0 unspecified atom stereocenters. The van der Waals surface area contributed by atoms with Crippen LogP contribution in [0.1, 0.15) is 22.8 Å². The molecule has 0 aliphatic carbocycles. The Morgan fingerprint density at radius 3 is 2.26 bits per heavy atom. The van der Waals surface area contributed by atoms with E-state index in [4.69, 9.17) is 15.2 Å². The van der Waals surface area contributed by atoms with E-state index >= 15 is 0 Å². The van der Waals surface area contributed by atoms with Gasteiger partial charge in [0.25, 0.3) is 0 Å². The fraction of sp³-hybridized carbons (Fsp3) is 0.300. The van der Waals surface area contributed by atoms with Gasteiger partial charge in [-0.15, -0.1) is 0 Å². The predicted molar refractivity (Wildman–Crippen MR) is 104 cm³/mol. The highest BCUT2D eigenvalue weighted by Crippen LogP contribution is 2.28. The smallest absolute Gasteiger partial charge is 0.248 e. The Hall–Kier alpha value is -3.06. The minimum absolute atomic E-state index is 0.148. The summed E-state index contributed by atoms with van der Waals surface area (Å²) in [6, 6.07) is 11.8. The molecule has 3 N–H and O–H groups in total. The lowest BCUT2D eigenvalue weighted by molar-refractivity contribution is -0.120. The lowest BCUT2D eigenvalue weighted by Crippen LogP contribution is -2.39. The van der Waals surface area contributed by atoms with Gasteiger partial charge in [-0.3, -0.25) is 14.5 Å². The molecule has 0 heterocycles. The largest absolute Gasteiger partial charge is 0.493 e. The Kier molecular flexibility index (Phi) is 6.79. The van der Waals surface area contributed by atoms with Crippen LogP contribution in [0, 0.1) is 0 Å². The quantitative estimate of drug-likeness (QED) is 0.742. The molecule has 0 fully saturated rings. The fourth-order valence-electron chi connectivity index (χ4n) is 2.57. The predicted octanol–water partition coefficient (Wildman–Crippen LogP) is 2.26. The number of methoxy groups -OCH3 is 2. The van der Waals surface area contributed by atoms with Crippen molar-refractivity contribution < 1.29 is 19.1 Å². The Balaban J connectivity index is 2.00. The summed E-state index contributed by atoms with van der Waals surface area (Å²) in [7, 11) is 5.05. The molecule has 0 aromatic heterocycles. The van der Waals surface area contributed by atoms with Crippen LogP contribution in [0.5, 0.6) is 11.5 Å². The van der Waals surface area contributed by atoms with Crippen LogP contribution in [0.2, 0.25) is 0 Å². The molecule has 0 saturated heterocycles. The molecule has 7 heteroatoms. The average Bonchev–Trinajstić information content (AvgIpc) is 2.67. The molecule has 0 radical (unpaired) electrons. The lowest BCUT2D eigenvalue weighted by atomic mass is 10.1. The number of primary amides is 1. The van der Waals surface area contributed by atoms with Gasteiger partial charge in [0.05, 0.1) is 20.3 Å². The average molecular weight is 371 g/mol. The van der Waals surface area contributed by atoms with Gasteiger partial charge in [-0.2, -0.15) is 0 Å². The van der Waals surface area contributed by atoms with E-state index in [1.807, 2.05) is 37.1 Å². The maximum absolute atomic E-state index is 12.5. The fourth-order valence-corrected chi connectivity index (χ4v) is 2.57. The van der Waals surface area contributed by atoms with Crippen molar-refractivity contribution in [2.24, 2.45) is 5.73 Å². The first-order valence-electron chi connectivity index (χ1n) is 8.47. The number of carbonyl (C=O) groups is 2. The molecule has 1 atom stereocenters. The monoisotopic (exact) mass is 371 g/mol. The Bertz CT molecular complexity index is 805. The van der Waals surface area contributed by atoms with Crippen LogP contribution < -0.4 is 20.5 Å². The number of rotatable bonds is 8. The van der Waals surface area contributed by atoms with Gasteiger partial charge in [-0.25, -0.2) is 0 Å². The summed E-state index contributed by atoms with van der Waals surface area (Å²) in [6.45, 7) is 2.39. The number of nitrogens with two attached hydrogens (primary N) is 1. The molecule has 2 aromatic carbocycles. The topological polar surface area (TPSA) is 93.9 Å². The van der Waals surface area contributed by atoms with Crippen LogP contribution in [0.15, 0.2) is 42.5 Å². The molecule has 27 heavy (non-hydrogen) atoms. The third-order valence-electron chi connectivity index (χ3n) is 4.36. The molecular formula is C20H25N3O4. The maximum atomic E-state index is 12.5. The van der Waals surface area contributed by atoms with Crippen LogP contribution in [-0.2, 0) is 11.3 Å². The molecule has 0 bridgehead atoms. The molecular weight excluding hydrogens is 346 g/mol. The number of likely N-dealkylation sites (N-methyl/N-ethyl adjacent to an activating group) is 1. The molecule has 0 saturated carbocycles. The SMILES string of the molecule is COc1ccc(CN(C)[C@H](C)C(=O)Nc2ccc(C(N)=O)cc2)cc1OC. The number of anilines is 1. The zero-order valence-electron chi connectivity index (χ0n) is 16.0. The number of carbonyl (C=O) groups excluding carboxylic acids is 2. The first kappa shape index (κ1) is 20.3. The third-order valence-corrected chi connectivity index (χ3v) is 4.36. The van der Waals surface area contributed by atoms with Crippen molar-refractivity contribution in [1.29, 1.82) is 0 Å². The van der Waals surface area contributed by atoms with Crippen LogP contribution in [0.25, 0.3) is 0 Å². The highest BCUT2D eigenvalue weighted by molar-refractivity contribution is 5.96. The molecule has 2 rings (SSSR count). The van der Waals surface area contributed by atoms with E-state index < -0.39 is 5.91 Å². The highest BCUT2D eigenvalue weighted by atomic mass is 16.5. The summed E-state index contributed by atoms with van der Waals surface area (Å²) >= 11 is 0. The molecule has 0 spiro atoms. The Labute approximate surface area is 159 Å². The molecule has 0 aliphatic heterocycles. The summed E-state index contributed by atoms with van der Waals surface area (Å²) < 4.78 is 10.6. The summed E-state index contributed by atoms with van der Waals surface area (Å²) in [5, 5.41) is 2.84. The summed E-state index contributed by atoms with van der Waals surface area (Å²) in [5.41, 5.74) is 7.22. The second-order valence-corrected chi connectivity index (χ2v) is 6.21. The van der Waals surface area contributed by atoms with E-state index in [9.17, 15) is 9.59 Å². The van der Waals surface area contributed by atoms with Crippen molar-refractivity contribution in [3.8, 4) is 11.5 Å². The number of hydrogen-bond acceptors (Lipinski definition) is 5. The molecule has 2 aromatic rings. The van der Waals surface area contributed by atoms with Crippen molar-refractivity contribution in [2.75, 3.05) is 26.6 Å².